The van der Waals surface area contributed by atoms with Gasteiger partial charge in [0.25, 0.3) is 11.8 Å². The lowest BCUT2D eigenvalue weighted by atomic mass is 10.1. The van der Waals surface area contributed by atoms with Gasteiger partial charge in [-0.15, -0.1) is 0 Å². The molecule has 0 spiro atoms. The molecule has 6 heteroatoms. The first kappa shape index (κ1) is 26.1. The van der Waals surface area contributed by atoms with Crippen molar-refractivity contribution in [3.05, 3.63) is 89.5 Å². The zero-order chi connectivity index (χ0) is 26.0. The van der Waals surface area contributed by atoms with E-state index >= 15 is 0 Å². The van der Waals surface area contributed by atoms with Gasteiger partial charge in [-0.1, -0.05) is 70.1 Å². The van der Waals surface area contributed by atoms with Gasteiger partial charge < -0.3 is 9.47 Å². The zero-order valence-electron chi connectivity index (χ0n) is 21.3. The quantitative estimate of drug-likeness (QED) is 0.138. The van der Waals surface area contributed by atoms with E-state index in [4.69, 9.17) is 9.47 Å². The number of carbonyl (C=O) groups excluding carboxylic acids is 3. The van der Waals surface area contributed by atoms with E-state index in [9.17, 15) is 14.4 Å². The summed E-state index contributed by atoms with van der Waals surface area (Å²) in [5, 5.41) is 0. The number of ether oxygens (including phenoxy) is 2. The lowest BCUT2D eigenvalue weighted by Crippen LogP contribution is -2.29. The van der Waals surface area contributed by atoms with E-state index in [1.165, 1.54) is 44.2 Å². The second-order valence-electron chi connectivity index (χ2n) is 9.23. The van der Waals surface area contributed by atoms with Gasteiger partial charge >= 0.3 is 5.97 Å². The van der Waals surface area contributed by atoms with Crippen molar-refractivity contribution >= 4 is 23.5 Å². The molecule has 0 unspecified atom stereocenters. The molecule has 4 rings (SSSR count). The number of esters is 1. The maximum Gasteiger partial charge on any atom is 0.338 e. The van der Waals surface area contributed by atoms with Crippen LogP contribution in [0.15, 0.2) is 72.8 Å². The summed E-state index contributed by atoms with van der Waals surface area (Å²) in [5.41, 5.74) is 1.18. The van der Waals surface area contributed by atoms with Gasteiger partial charge in [-0.05, 0) is 61.0 Å². The number of benzene rings is 3. The highest BCUT2D eigenvalue weighted by Gasteiger charge is 2.37. The van der Waals surface area contributed by atoms with Crippen molar-refractivity contribution in [2.45, 2.75) is 58.3 Å². The van der Waals surface area contributed by atoms with Gasteiger partial charge in [0.15, 0.2) is 0 Å². The number of unbranched alkanes of at least 4 members (excludes halogenated alkanes) is 7. The van der Waals surface area contributed by atoms with Crippen molar-refractivity contribution in [2.24, 2.45) is 0 Å². The predicted octanol–water partition coefficient (Wildman–Crippen LogP) is 7.58. The molecular weight excluding hydrogens is 466 g/mol. The highest BCUT2D eigenvalue weighted by molar-refractivity contribution is 6.34. The van der Waals surface area contributed by atoms with Crippen LogP contribution in [0.3, 0.4) is 0 Å². The second-order valence-corrected chi connectivity index (χ2v) is 9.23. The van der Waals surface area contributed by atoms with Gasteiger partial charge in [0.1, 0.15) is 11.5 Å². The monoisotopic (exact) mass is 499 g/mol. The van der Waals surface area contributed by atoms with Gasteiger partial charge in [-0.3, -0.25) is 9.59 Å². The van der Waals surface area contributed by atoms with E-state index in [1.54, 1.807) is 30.3 Å². The molecule has 1 aliphatic rings. The van der Waals surface area contributed by atoms with Crippen LogP contribution in [0.5, 0.6) is 11.5 Å². The Morgan fingerprint density at radius 2 is 1.32 bits per heavy atom. The molecule has 0 fully saturated rings. The summed E-state index contributed by atoms with van der Waals surface area (Å²) in [4.78, 5) is 39.7. The smallest absolute Gasteiger partial charge is 0.338 e. The maximum atomic E-state index is 13.1. The van der Waals surface area contributed by atoms with Crippen LogP contribution in [0, 0.1) is 0 Å². The molecule has 3 aromatic rings. The summed E-state index contributed by atoms with van der Waals surface area (Å²) >= 11 is 0. The molecule has 0 aliphatic carbocycles. The third-order valence-electron chi connectivity index (χ3n) is 6.43. The first-order chi connectivity index (χ1) is 18.1. The Morgan fingerprint density at radius 3 is 2.03 bits per heavy atom. The normalized spacial score (nSPS) is 12.5. The van der Waals surface area contributed by atoms with Crippen LogP contribution in [-0.4, -0.2) is 24.4 Å². The Morgan fingerprint density at radius 1 is 0.703 bits per heavy atom. The Hall–Kier alpha value is -3.93. The molecule has 0 atom stereocenters. The molecule has 0 bridgehead atoms. The third-order valence-corrected chi connectivity index (χ3v) is 6.43. The number of imide groups is 1. The molecule has 2 amide bonds. The topological polar surface area (TPSA) is 72.9 Å². The fourth-order valence-electron chi connectivity index (χ4n) is 4.37. The van der Waals surface area contributed by atoms with Gasteiger partial charge in [0.2, 0.25) is 0 Å². The van der Waals surface area contributed by atoms with E-state index in [2.05, 4.69) is 6.92 Å². The highest BCUT2D eigenvalue weighted by Crippen LogP contribution is 2.31. The van der Waals surface area contributed by atoms with Crippen LogP contribution in [-0.2, 0) is 4.74 Å². The molecule has 0 saturated carbocycles. The average Bonchev–Trinajstić information content (AvgIpc) is 3.17. The molecule has 0 aromatic heterocycles. The van der Waals surface area contributed by atoms with E-state index in [1.807, 2.05) is 30.3 Å². The fourth-order valence-corrected chi connectivity index (χ4v) is 4.37. The van der Waals surface area contributed by atoms with E-state index < -0.39 is 17.8 Å². The summed E-state index contributed by atoms with van der Waals surface area (Å²) in [6.45, 7) is 2.56. The maximum absolute atomic E-state index is 13.1. The van der Waals surface area contributed by atoms with Crippen molar-refractivity contribution in [3.63, 3.8) is 0 Å². The largest absolute Gasteiger partial charge is 0.462 e. The average molecular weight is 500 g/mol. The summed E-state index contributed by atoms with van der Waals surface area (Å²) in [6, 6.07) is 20.6. The number of anilines is 1. The number of nitrogens with zero attached hydrogens (tertiary/aromatic N) is 1. The minimum Gasteiger partial charge on any atom is -0.462 e. The van der Waals surface area contributed by atoms with Gasteiger partial charge in [0, 0.05) is 0 Å². The Bertz CT molecular complexity index is 1220. The van der Waals surface area contributed by atoms with Crippen LogP contribution in [0.25, 0.3) is 0 Å². The number of para-hydroxylation sites is 1. The number of fused-ring (bicyclic) bond motifs is 1. The Kier molecular flexibility index (Phi) is 9.08. The summed E-state index contributed by atoms with van der Waals surface area (Å²) in [5.74, 6) is -0.0808. The first-order valence-electron chi connectivity index (χ1n) is 13.1. The molecular formula is C31H33NO5. The molecule has 37 heavy (non-hydrogen) atoms. The number of hydrogen-bond acceptors (Lipinski definition) is 5. The minimum atomic E-state index is -0.480. The standard InChI is InChI=1S/C31H33NO5/c1-2-3-4-5-6-7-8-12-21-36-31(35)23-15-20-27-28(22-23)30(34)32(29(27)33)24-16-18-26(19-17-24)37-25-13-10-9-11-14-25/h9-11,13-20,22H,2-8,12,21H2,1H3. The zero-order valence-corrected chi connectivity index (χ0v) is 21.3. The van der Waals surface area contributed by atoms with Crippen molar-refractivity contribution in [3.8, 4) is 11.5 Å². The van der Waals surface area contributed by atoms with E-state index in [-0.39, 0.29) is 16.7 Å². The van der Waals surface area contributed by atoms with Crippen LogP contribution in [0.2, 0.25) is 0 Å². The first-order valence-corrected chi connectivity index (χ1v) is 13.1. The second kappa shape index (κ2) is 12.9. The van der Waals surface area contributed by atoms with Crippen molar-refractivity contribution in [1.29, 1.82) is 0 Å². The molecule has 0 saturated heterocycles. The van der Waals surface area contributed by atoms with Crippen LogP contribution >= 0.6 is 0 Å². The molecule has 1 aliphatic heterocycles. The number of hydrogen-bond donors (Lipinski definition) is 0. The third kappa shape index (κ3) is 6.64. The lowest BCUT2D eigenvalue weighted by Gasteiger charge is -2.14. The molecule has 6 nitrogen and oxygen atoms in total. The summed E-state index contributed by atoms with van der Waals surface area (Å²) in [7, 11) is 0. The van der Waals surface area contributed by atoms with Crippen molar-refractivity contribution in [2.75, 3.05) is 11.5 Å². The summed E-state index contributed by atoms with van der Waals surface area (Å²) < 4.78 is 11.2. The van der Waals surface area contributed by atoms with Crippen LogP contribution < -0.4 is 9.64 Å². The lowest BCUT2D eigenvalue weighted by molar-refractivity contribution is 0.0497. The van der Waals surface area contributed by atoms with Crippen LogP contribution in [0.1, 0.15) is 89.4 Å². The number of amides is 2. The Balaban J connectivity index is 1.32. The van der Waals surface area contributed by atoms with Gasteiger partial charge in [-0.2, -0.15) is 0 Å². The van der Waals surface area contributed by atoms with Crippen molar-refractivity contribution in [1.82, 2.24) is 0 Å². The highest BCUT2D eigenvalue weighted by atomic mass is 16.5. The number of carbonyl (C=O) groups is 3. The van der Waals surface area contributed by atoms with Gasteiger partial charge in [0.05, 0.1) is 29.0 Å². The summed E-state index contributed by atoms with van der Waals surface area (Å²) in [6.07, 6.45) is 9.30. The van der Waals surface area contributed by atoms with E-state index in [0.29, 0.717) is 23.8 Å². The SMILES string of the molecule is CCCCCCCCCCOC(=O)c1ccc2c(c1)C(=O)N(c1ccc(Oc3ccccc3)cc1)C2=O. The molecule has 1 heterocycles. The Labute approximate surface area is 218 Å². The van der Waals surface area contributed by atoms with Crippen LogP contribution in [0.4, 0.5) is 5.69 Å². The molecule has 3 aromatic carbocycles. The van der Waals surface area contributed by atoms with Gasteiger partial charge in [-0.25, -0.2) is 9.69 Å². The molecule has 0 radical (unpaired) electrons. The molecule has 0 N–H and O–H groups in total. The van der Waals surface area contributed by atoms with Crippen molar-refractivity contribution < 1.29 is 23.9 Å². The van der Waals surface area contributed by atoms with E-state index in [0.717, 1.165) is 24.2 Å². The predicted molar refractivity (Wildman–Crippen MR) is 143 cm³/mol. The molecule has 192 valence electrons. The minimum absolute atomic E-state index is 0.205. The fraction of sp³-hybridized carbons (Fsp3) is 0.323. The number of rotatable bonds is 13.